The van der Waals surface area contributed by atoms with Crippen LogP contribution < -0.4 is 15.8 Å². The van der Waals surface area contributed by atoms with Gasteiger partial charge < -0.3 is 15.1 Å². The number of aromatic nitrogens is 2. The van der Waals surface area contributed by atoms with Crippen molar-refractivity contribution in [2.75, 3.05) is 37.6 Å². The number of hydrogen-bond acceptors (Lipinski definition) is 5. The van der Waals surface area contributed by atoms with Crippen molar-refractivity contribution in [2.45, 2.75) is 19.3 Å². The minimum Gasteiger partial charge on any atom is -0.370 e. The Morgan fingerprint density at radius 1 is 1.38 bits per heavy atom. The molecule has 0 aromatic carbocycles. The Labute approximate surface area is 140 Å². The van der Waals surface area contributed by atoms with Gasteiger partial charge in [0.05, 0.1) is 18.4 Å². The topological polar surface area (TPSA) is 87.5 Å². The number of anilines is 1. The second-order valence-electron chi connectivity index (χ2n) is 6.50. The lowest BCUT2D eigenvalue weighted by Crippen LogP contribution is -2.40. The third kappa shape index (κ3) is 3.74. The molecule has 2 aliphatic heterocycles. The normalized spacial score (nSPS) is 20.7. The number of likely N-dealkylation sites (tertiary alicyclic amines) is 1. The minimum atomic E-state index is -0.125. The van der Waals surface area contributed by atoms with E-state index in [2.05, 4.69) is 15.3 Å². The van der Waals surface area contributed by atoms with Gasteiger partial charge in [-0.05, 0) is 18.8 Å². The average Bonchev–Trinajstić information content (AvgIpc) is 3.18. The Morgan fingerprint density at radius 2 is 2.21 bits per heavy atom. The molecule has 3 rings (SSSR count). The number of aryl methyl sites for hydroxylation is 1. The number of hydrogen-bond donors (Lipinski definition) is 1. The Morgan fingerprint density at radius 3 is 2.92 bits per heavy atom. The zero-order valence-corrected chi connectivity index (χ0v) is 13.9. The molecule has 1 unspecified atom stereocenters. The molecular formula is C16H23N5O3. The molecule has 130 valence electrons. The van der Waals surface area contributed by atoms with E-state index in [4.69, 9.17) is 0 Å². The van der Waals surface area contributed by atoms with Crippen LogP contribution in [0.4, 0.5) is 5.69 Å². The Kier molecular flexibility index (Phi) is 4.82. The van der Waals surface area contributed by atoms with Crippen LogP contribution in [-0.2, 0) is 16.6 Å². The number of rotatable bonds is 5. The van der Waals surface area contributed by atoms with E-state index in [1.54, 1.807) is 24.2 Å². The number of carbonyl (C=O) groups is 2. The zero-order valence-electron chi connectivity index (χ0n) is 13.9. The molecule has 0 saturated carbocycles. The van der Waals surface area contributed by atoms with Crippen LogP contribution in [0.2, 0.25) is 0 Å². The van der Waals surface area contributed by atoms with E-state index >= 15 is 0 Å². The maximum absolute atomic E-state index is 12.0. The van der Waals surface area contributed by atoms with Gasteiger partial charge >= 0.3 is 0 Å². The Balaban J connectivity index is 1.46. The maximum Gasteiger partial charge on any atom is 0.268 e. The van der Waals surface area contributed by atoms with Crippen molar-refractivity contribution in [2.24, 2.45) is 13.0 Å². The highest BCUT2D eigenvalue weighted by Gasteiger charge is 2.25. The fraction of sp³-hybridized carbons (Fsp3) is 0.625. The number of carbonyl (C=O) groups excluding carboxylic acids is 2. The van der Waals surface area contributed by atoms with Crippen LogP contribution in [0.5, 0.6) is 0 Å². The first-order chi connectivity index (χ1) is 11.5. The fourth-order valence-corrected chi connectivity index (χ4v) is 3.23. The first-order valence-electron chi connectivity index (χ1n) is 8.35. The third-order valence-corrected chi connectivity index (χ3v) is 4.70. The molecule has 2 amide bonds. The van der Waals surface area contributed by atoms with Gasteiger partial charge in [-0.2, -0.15) is 5.10 Å². The second kappa shape index (κ2) is 7.02. The van der Waals surface area contributed by atoms with Gasteiger partial charge in [-0.3, -0.25) is 14.4 Å². The maximum atomic E-state index is 12.0. The van der Waals surface area contributed by atoms with Crippen molar-refractivity contribution >= 4 is 17.5 Å². The van der Waals surface area contributed by atoms with Crippen LogP contribution in [0.1, 0.15) is 19.3 Å². The van der Waals surface area contributed by atoms with Crippen molar-refractivity contribution in [3.8, 4) is 0 Å². The van der Waals surface area contributed by atoms with Gasteiger partial charge in [0.15, 0.2) is 0 Å². The lowest BCUT2D eigenvalue weighted by Gasteiger charge is -2.19. The van der Waals surface area contributed by atoms with Crippen molar-refractivity contribution in [3.63, 3.8) is 0 Å². The molecule has 1 N–H and O–H groups in total. The number of nitrogens with one attached hydrogen (secondary N) is 1. The molecule has 1 aromatic heterocycles. The summed E-state index contributed by atoms with van der Waals surface area (Å²) >= 11 is 0. The van der Waals surface area contributed by atoms with E-state index in [1.165, 1.54) is 4.68 Å². The quantitative estimate of drug-likeness (QED) is 0.773. The van der Waals surface area contributed by atoms with E-state index in [0.717, 1.165) is 31.6 Å². The molecule has 8 nitrogen and oxygen atoms in total. The van der Waals surface area contributed by atoms with Crippen molar-refractivity contribution < 1.29 is 9.59 Å². The number of nitrogens with zero attached hydrogens (tertiary/aromatic N) is 4. The molecule has 0 radical (unpaired) electrons. The van der Waals surface area contributed by atoms with E-state index in [-0.39, 0.29) is 23.9 Å². The number of amides is 2. The smallest absolute Gasteiger partial charge is 0.268 e. The fourth-order valence-electron chi connectivity index (χ4n) is 3.23. The van der Waals surface area contributed by atoms with Gasteiger partial charge in [-0.1, -0.05) is 0 Å². The Bertz CT molecular complexity index is 687. The van der Waals surface area contributed by atoms with Crippen LogP contribution in [0.15, 0.2) is 17.1 Å². The molecule has 0 bridgehead atoms. The Hall–Kier alpha value is -2.38. The first kappa shape index (κ1) is 16.5. The summed E-state index contributed by atoms with van der Waals surface area (Å²) in [7, 11) is 1.62. The molecule has 1 atom stereocenters. The molecular weight excluding hydrogens is 310 g/mol. The zero-order chi connectivity index (χ0) is 17.1. The van der Waals surface area contributed by atoms with Crippen LogP contribution in [-0.4, -0.2) is 59.2 Å². The summed E-state index contributed by atoms with van der Waals surface area (Å²) in [6.07, 6.45) is 4.04. The van der Waals surface area contributed by atoms with E-state index < -0.39 is 0 Å². The van der Waals surface area contributed by atoms with Crippen LogP contribution in [0, 0.1) is 5.92 Å². The average molecular weight is 333 g/mol. The molecule has 3 heterocycles. The molecule has 24 heavy (non-hydrogen) atoms. The SMILES string of the molecule is Cn1ncc(N2CCC(CNC(=O)CN3CCCC3=O)C2)cc1=O. The van der Waals surface area contributed by atoms with E-state index in [9.17, 15) is 14.4 Å². The summed E-state index contributed by atoms with van der Waals surface area (Å²) in [5.74, 6) is 0.307. The van der Waals surface area contributed by atoms with Crippen molar-refractivity contribution in [1.82, 2.24) is 20.0 Å². The predicted octanol–water partition coefficient (Wildman–Crippen LogP) is -0.655. The molecule has 0 aliphatic carbocycles. The molecule has 2 aliphatic rings. The lowest BCUT2D eigenvalue weighted by atomic mass is 10.1. The lowest BCUT2D eigenvalue weighted by molar-refractivity contribution is -0.133. The summed E-state index contributed by atoms with van der Waals surface area (Å²) in [6.45, 7) is 3.07. The monoisotopic (exact) mass is 333 g/mol. The summed E-state index contributed by atoms with van der Waals surface area (Å²) in [5.41, 5.74) is 0.703. The van der Waals surface area contributed by atoms with Gasteiger partial charge in [-0.15, -0.1) is 0 Å². The summed E-state index contributed by atoms with van der Waals surface area (Å²) in [4.78, 5) is 38.9. The summed E-state index contributed by atoms with van der Waals surface area (Å²) in [5, 5.41) is 6.97. The molecule has 0 spiro atoms. The van der Waals surface area contributed by atoms with Gasteiger partial charge in [0.2, 0.25) is 11.8 Å². The van der Waals surface area contributed by atoms with Crippen LogP contribution in [0.25, 0.3) is 0 Å². The molecule has 8 heteroatoms. The largest absolute Gasteiger partial charge is 0.370 e. The standard InChI is InChI=1S/C16H23N5O3/c1-19-16(24)7-13(9-18-19)20-6-4-12(10-20)8-17-14(22)11-21-5-2-3-15(21)23/h7,9,12H,2-6,8,10-11H2,1H3,(H,17,22). The van der Waals surface area contributed by atoms with Crippen molar-refractivity contribution in [1.29, 1.82) is 0 Å². The van der Waals surface area contributed by atoms with Crippen LogP contribution in [0.3, 0.4) is 0 Å². The van der Waals surface area contributed by atoms with Gasteiger partial charge in [0.1, 0.15) is 0 Å². The van der Waals surface area contributed by atoms with Crippen molar-refractivity contribution in [3.05, 3.63) is 22.6 Å². The second-order valence-corrected chi connectivity index (χ2v) is 6.50. The highest BCUT2D eigenvalue weighted by Crippen LogP contribution is 2.21. The van der Waals surface area contributed by atoms with E-state index in [1.807, 2.05) is 0 Å². The summed E-state index contributed by atoms with van der Waals surface area (Å²) < 4.78 is 1.30. The van der Waals surface area contributed by atoms with Gasteiger partial charge in [-0.25, -0.2) is 4.68 Å². The third-order valence-electron chi connectivity index (χ3n) is 4.70. The molecule has 2 fully saturated rings. The molecule has 2 saturated heterocycles. The van der Waals surface area contributed by atoms with Gasteiger partial charge in [0.25, 0.3) is 5.56 Å². The van der Waals surface area contributed by atoms with Crippen LogP contribution >= 0.6 is 0 Å². The highest BCUT2D eigenvalue weighted by molar-refractivity contribution is 5.85. The molecule has 1 aromatic rings. The highest BCUT2D eigenvalue weighted by atomic mass is 16.2. The van der Waals surface area contributed by atoms with E-state index in [0.29, 0.717) is 25.4 Å². The van der Waals surface area contributed by atoms with Gasteiger partial charge in [0, 0.05) is 45.7 Å². The summed E-state index contributed by atoms with van der Waals surface area (Å²) in [6, 6.07) is 1.59. The predicted molar refractivity (Wildman–Crippen MR) is 88.6 cm³/mol. The first-order valence-corrected chi connectivity index (χ1v) is 8.35. The minimum absolute atomic E-state index is 0.0651.